The first-order valence-electron chi connectivity index (χ1n) is 5.79. The minimum atomic E-state index is 0.851. The van der Waals surface area contributed by atoms with E-state index < -0.39 is 0 Å². The molecule has 0 amide bonds. The molecule has 1 saturated heterocycles. The summed E-state index contributed by atoms with van der Waals surface area (Å²) >= 11 is 0. The summed E-state index contributed by atoms with van der Waals surface area (Å²) in [5.74, 6) is 0.851. The summed E-state index contributed by atoms with van der Waals surface area (Å²) in [6.07, 6.45) is 4.93. The summed E-state index contributed by atoms with van der Waals surface area (Å²) in [6.45, 7) is 4.60. The van der Waals surface area contributed by atoms with Gasteiger partial charge in [0.05, 0.1) is 0 Å². The molecule has 1 unspecified atom stereocenters. The fraction of sp³-hybridized carbons (Fsp3) is 0.429. The van der Waals surface area contributed by atoms with Gasteiger partial charge in [-0.2, -0.15) is 0 Å². The third-order valence-electron chi connectivity index (χ3n) is 3.15. The van der Waals surface area contributed by atoms with E-state index in [-0.39, 0.29) is 0 Å². The van der Waals surface area contributed by atoms with Crippen LogP contribution < -0.4 is 5.32 Å². The van der Waals surface area contributed by atoms with Gasteiger partial charge in [0, 0.05) is 0 Å². The molecule has 1 aliphatic heterocycles. The van der Waals surface area contributed by atoms with Gasteiger partial charge in [-0.1, -0.05) is 36.4 Å². The van der Waals surface area contributed by atoms with E-state index >= 15 is 0 Å². The van der Waals surface area contributed by atoms with Gasteiger partial charge < -0.3 is 5.32 Å². The van der Waals surface area contributed by atoms with Crippen molar-refractivity contribution in [3.63, 3.8) is 0 Å². The minimum absolute atomic E-state index is 0.851. The fourth-order valence-electron chi connectivity index (χ4n) is 2.08. The van der Waals surface area contributed by atoms with Gasteiger partial charge in [-0.15, -0.1) is 0 Å². The van der Waals surface area contributed by atoms with Crippen molar-refractivity contribution in [1.29, 1.82) is 0 Å². The van der Waals surface area contributed by atoms with Gasteiger partial charge >= 0.3 is 0 Å². The Morgan fingerprint density at radius 2 is 2.20 bits per heavy atom. The normalized spacial score (nSPS) is 21.9. The average molecular weight is 201 g/mol. The van der Waals surface area contributed by atoms with Crippen molar-refractivity contribution in [2.24, 2.45) is 5.92 Å². The third kappa shape index (κ3) is 2.93. The smallest absolute Gasteiger partial charge is 0.00171 e. The van der Waals surface area contributed by atoms with Crippen molar-refractivity contribution < 1.29 is 0 Å². The lowest BCUT2D eigenvalue weighted by molar-refractivity contribution is 0.593. The lowest BCUT2D eigenvalue weighted by Crippen LogP contribution is -2.08. The van der Waals surface area contributed by atoms with E-state index in [0.29, 0.717) is 0 Å². The molecular weight excluding hydrogens is 182 g/mol. The zero-order chi connectivity index (χ0) is 10.5. The molecule has 1 heteroatoms. The molecular formula is C14H19N. The van der Waals surface area contributed by atoms with E-state index in [4.69, 9.17) is 0 Å². The van der Waals surface area contributed by atoms with E-state index in [9.17, 15) is 0 Å². The quantitative estimate of drug-likeness (QED) is 0.792. The van der Waals surface area contributed by atoms with E-state index in [1.807, 2.05) is 0 Å². The fourth-order valence-corrected chi connectivity index (χ4v) is 2.08. The molecule has 1 aromatic carbocycles. The van der Waals surface area contributed by atoms with E-state index in [1.165, 1.54) is 37.1 Å². The molecule has 15 heavy (non-hydrogen) atoms. The largest absolute Gasteiger partial charge is 0.316 e. The van der Waals surface area contributed by atoms with Crippen molar-refractivity contribution in [2.75, 3.05) is 13.1 Å². The number of rotatable bonds is 3. The molecule has 1 atom stereocenters. The Morgan fingerprint density at radius 3 is 2.87 bits per heavy atom. The molecule has 1 nitrogen and oxygen atoms in total. The van der Waals surface area contributed by atoms with Crippen molar-refractivity contribution in [1.82, 2.24) is 5.32 Å². The zero-order valence-electron chi connectivity index (χ0n) is 9.37. The Labute approximate surface area is 92.2 Å². The first-order valence-corrected chi connectivity index (χ1v) is 5.79. The van der Waals surface area contributed by atoms with Crippen LogP contribution in [0.1, 0.15) is 25.3 Å². The van der Waals surface area contributed by atoms with E-state index in [0.717, 1.165) is 5.92 Å². The Bertz CT molecular complexity index is 320. The SMILES string of the molecule is C/C(=C/CC1CCNC1)c1ccccc1. The second-order valence-corrected chi connectivity index (χ2v) is 4.35. The van der Waals surface area contributed by atoms with Gasteiger partial charge in [-0.3, -0.25) is 0 Å². The van der Waals surface area contributed by atoms with E-state index in [1.54, 1.807) is 0 Å². The summed E-state index contributed by atoms with van der Waals surface area (Å²) in [4.78, 5) is 0. The maximum atomic E-state index is 3.41. The Morgan fingerprint density at radius 1 is 1.40 bits per heavy atom. The molecule has 1 aromatic rings. The molecule has 2 rings (SSSR count). The van der Waals surface area contributed by atoms with Crippen molar-refractivity contribution >= 4 is 5.57 Å². The molecule has 1 fully saturated rings. The van der Waals surface area contributed by atoms with Crippen LogP contribution in [0.3, 0.4) is 0 Å². The first-order chi connectivity index (χ1) is 7.36. The highest BCUT2D eigenvalue weighted by molar-refractivity contribution is 5.63. The monoisotopic (exact) mass is 201 g/mol. The molecule has 0 saturated carbocycles. The molecule has 0 aliphatic carbocycles. The van der Waals surface area contributed by atoms with Crippen LogP contribution in [-0.4, -0.2) is 13.1 Å². The summed E-state index contributed by atoms with van der Waals surface area (Å²) in [5, 5.41) is 3.41. The highest BCUT2D eigenvalue weighted by atomic mass is 14.9. The molecule has 0 bridgehead atoms. The van der Waals surface area contributed by atoms with Gasteiger partial charge in [-0.25, -0.2) is 0 Å². The van der Waals surface area contributed by atoms with Crippen LogP contribution >= 0.6 is 0 Å². The van der Waals surface area contributed by atoms with Gasteiger partial charge in [-0.05, 0) is 49.9 Å². The van der Waals surface area contributed by atoms with Gasteiger partial charge in [0.2, 0.25) is 0 Å². The van der Waals surface area contributed by atoms with Crippen LogP contribution in [-0.2, 0) is 0 Å². The molecule has 1 heterocycles. The molecule has 1 aliphatic rings. The molecule has 0 radical (unpaired) electrons. The van der Waals surface area contributed by atoms with Crippen LogP contribution in [0.4, 0.5) is 0 Å². The highest BCUT2D eigenvalue weighted by Crippen LogP contribution is 2.18. The predicted molar refractivity (Wildman–Crippen MR) is 65.7 cm³/mol. The zero-order valence-corrected chi connectivity index (χ0v) is 9.37. The van der Waals surface area contributed by atoms with Crippen LogP contribution in [0.15, 0.2) is 36.4 Å². The second-order valence-electron chi connectivity index (χ2n) is 4.35. The number of benzene rings is 1. The Hall–Kier alpha value is -1.08. The lowest BCUT2D eigenvalue weighted by Gasteiger charge is -2.05. The van der Waals surface area contributed by atoms with Crippen LogP contribution in [0, 0.1) is 5.92 Å². The second kappa shape index (κ2) is 5.13. The maximum Gasteiger partial charge on any atom is -0.00171 e. The molecule has 0 spiro atoms. The predicted octanol–water partition coefficient (Wildman–Crippen LogP) is 3.09. The number of hydrogen-bond donors (Lipinski definition) is 1. The summed E-state index contributed by atoms with van der Waals surface area (Å²) < 4.78 is 0. The topological polar surface area (TPSA) is 12.0 Å². The standard InChI is InChI=1S/C14H19N/c1-12(14-5-3-2-4-6-14)7-8-13-9-10-15-11-13/h2-7,13,15H,8-11H2,1H3/b12-7-. The minimum Gasteiger partial charge on any atom is -0.316 e. The van der Waals surface area contributed by atoms with Gasteiger partial charge in [0.1, 0.15) is 0 Å². The molecule has 0 aromatic heterocycles. The summed E-state index contributed by atoms with van der Waals surface area (Å²) in [7, 11) is 0. The van der Waals surface area contributed by atoms with Crippen LogP contribution in [0.5, 0.6) is 0 Å². The summed E-state index contributed by atoms with van der Waals surface area (Å²) in [6, 6.07) is 10.6. The Balaban J connectivity index is 1.95. The Kier molecular flexibility index (Phi) is 3.57. The number of hydrogen-bond acceptors (Lipinski definition) is 1. The lowest BCUT2D eigenvalue weighted by atomic mass is 10.0. The average Bonchev–Trinajstić information content (AvgIpc) is 2.80. The van der Waals surface area contributed by atoms with Crippen molar-refractivity contribution in [3.8, 4) is 0 Å². The van der Waals surface area contributed by atoms with Crippen molar-refractivity contribution in [3.05, 3.63) is 42.0 Å². The maximum absolute atomic E-state index is 3.41. The molecule has 1 N–H and O–H groups in total. The molecule has 80 valence electrons. The van der Waals surface area contributed by atoms with Crippen LogP contribution in [0.25, 0.3) is 5.57 Å². The summed E-state index contributed by atoms with van der Waals surface area (Å²) in [5.41, 5.74) is 2.76. The van der Waals surface area contributed by atoms with Crippen molar-refractivity contribution in [2.45, 2.75) is 19.8 Å². The van der Waals surface area contributed by atoms with Gasteiger partial charge in [0.25, 0.3) is 0 Å². The van der Waals surface area contributed by atoms with E-state index in [2.05, 4.69) is 48.6 Å². The highest BCUT2D eigenvalue weighted by Gasteiger charge is 2.12. The first kappa shape index (κ1) is 10.4. The van der Waals surface area contributed by atoms with Crippen LogP contribution in [0.2, 0.25) is 0 Å². The van der Waals surface area contributed by atoms with Gasteiger partial charge in [0.15, 0.2) is 0 Å². The number of nitrogens with one attached hydrogen (secondary N) is 1. The number of allylic oxidation sites excluding steroid dienone is 2. The third-order valence-corrected chi connectivity index (χ3v) is 3.15.